The summed E-state index contributed by atoms with van der Waals surface area (Å²) in [4.78, 5) is 21.1. The molecule has 0 atom stereocenters. The normalized spacial score (nSPS) is 9.50. The number of halogens is 1. The lowest BCUT2D eigenvalue weighted by molar-refractivity contribution is -0.139. The average molecular weight is 197 g/mol. The summed E-state index contributed by atoms with van der Waals surface area (Å²) in [5.74, 6) is -2.39. The summed E-state index contributed by atoms with van der Waals surface area (Å²) < 4.78 is 12.6. The summed E-state index contributed by atoms with van der Waals surface area (Å²) in [6.07, 6.45) is -0.628. The molecule has 5 heteroatoms. The van der Waals surface area contributed by atoms with Crippen molar-refractivity contribution in [3.63, 3.8) is 0 Å². The first-order valence-electron chi connectivity index (χ1n) is 3.85. The summed E-state index contributed by atoms with van der Waals surface area (Å²) >= 11 is 0. The van der Waals surface area contributed by atoms with Gasteiger partial charge in [0.2, 0.25) is 5.91 Å². The minimum absolute atomic E-state index is 0.247. The lowest BCUT2D eigenvalue weighted by atomic mass is 10.3. The van der Waals surface area contributed by atoms with Crippen molar-refractivity contribution < 1.29 is 19.1 Å². The molecule has 4 nitrogen and oxygen atoms in total. The maximum absolute atomic E-state index is 12.6. The smallest absolute Gasteiger partial charge is 0.312 e. The minimum atomic E-state index is -1.22. The van der Waals surface area contributed by atoms with Gasteiger partial charge in [-0.25, -0.2) is 4.39 Å². The van der Waals surface area contributed by atoms with Crippen LogP contribution in [0.2, 0.25) is 0 Å². The number of anilines is 1. The molecule has 0 unspecified atom stereocenters. The first-order valence-corrected chi connectivity index (χ1v) is 3.85. The fourth-order valence-electron chi connectivity index (χ4n) is 0.909. The predicted molar refractivity (Wildman–Crippen MR) is 47.3 cm³/mol. The van der Waals surface area contributed by atoms with Gasteiger partial charge in [0, 0.05) is 5.69 Å². The van der Waals surface area contributed by atoms with E-state index < -0.39 is 24.1 Å². The Morgan fingerprint density at radius 2 is 2.14 bits per heavy atom. The van der Waals surface area contributed by atoms with Crippen molar-refractivity contribution in [3.05, 3.63) is 30.1 Å². The SMILES string of the molecule is O=C(O)CC(=O)Nc1cccc(F)c1. The number of aliphatic carboxylic acids is 1. The van der Waals surface area contributed by atoms with Crippen LogP contribution in [0.25, 0.3) is 0 Å². The number of rotatable bonds is 3. The van der Waals surface area contributed by atoms with Gasteiger partial charge >= 0.3 is 5.97 Å². The van der Waals surface area contributed by atoms with Crippen LogP contribution in [0, 0.1) is 5.82 Å². The van der Waals surface area contributed by atoms with Crippen LogP contribution in [0.3, 0.4) is 0 Å². The second-order valence-electron chi connectivity index (χ2n) is 2.63. The highest BCUT2D eigenvalue weighted by Crippen LogP contribution is 2.09. The van der Waals surface area contributed by atoms with Gasteiger partial charge in [0.25, 0.3) is 0 Å². The fourth-order valence-corrected chi connectivity index (χ4v) is 0.909. The maximum Gasteiger partial charge on any atom is 0.312 e. The largest absolute Gasteiger partial charge is 0.481 e. The zero-order valence-corrected chi connectivity index (χ0v) is 7.16. The Bertz CT molecular complexity index is 365. The first-order chi connectivity index (χ1) is 6.58. The Kier molecular flexibility index (Phi) is 3.17. The number of hydrogen-bond acceptors (Lipinski definition) is 2. The Morgan fingerprint density at radius 3 is 2.71 bits per heavy atom. The van der Waals surface area contributed by atoms with Gasteiger partial charge in [0.15, 0.2) is 0 Å². The average Bonchev–Trinajstić information content (AvgIpc) is 2.01. The molecule has 1 aromatic carbocycles. The lowest BCUT2D eigenvalue weighted by Crippen LogP contribution is -2.15. The van der Waals surface area contributed by atoms with E-state index in [4.69, 9.17) is 5.11 Å². The van der Waals surface area contributed by atoms with Crippen molar-refractivity contribution >= 4 is 17.6 Å². The number of carbonyl (C=O) groups is 2. The van der Waals surface area contributed by atoms with Gasteiger partial charge in [-0.3, -0.25) is 9.59 Å². The van der Waals surface area contributed by atoms with Crippen LogP contribution in [-0.2, 0) is 9.59 Å². The highest BCUT2D eigenvalue weighted by atomic mass is 19.1. The number of carboxylic acid groups (broad SMARTS) is 1. The van der Waals surface area contributed by atoms with Gasteiger partial charge in [-0.15, -0.1) is 0 Å². The maximum atomic E-state index is 12.6. The van der Waals surface area contributed by atoms with Gasteiger partial charge in [-0.1, -0.05) is 6.07 Å². The summed E-state index contributed by atoms with van der Waals surface area (Å²) in [7, 11) is 0. The van der Waals surface area contributed by atoms with Gasteiger partial charge < -0.3 is 10.4 Å². The third-order valence-electron chi connectivity index (χ3n) is 1.42. The van der Waals surface area contributed by atoms with Gasteiger partial charge in [-0.2, -0.15) is 0 Å². The summed E-state index contributed by atoms with van der Waals surface area (Å²) in [6.45, 7) is 0. The van der Waals surface area contributed by atoms with Gasteiger partial charge in [0.05, 0.1) is 0 Å². The zero-order valence-electron chi connectivity index (χ0n) is 7.16. The van der Waals surface area contributed by atoms with E-state index in [9.17, 15) is 14.0 Å². The Balaban J connectivity index is 2.60. The quantitative estimate of drug-likeness (QED) is 0.716. The molecule has 1 aromatic rings. The number of amides is 1. The molecule has 2 N–H and O–H groups in total. The Hall–Kier alpha value is -1.91. The van der Waals surface area contributed by atoms with Crippen molar-refractivity contribution in [2.45, 2.75) is 6.42 Å². The Labute approximate surface area is 79.4 Å². The van der Waals surface area contributed by atoms with E-state index in [0.717, 1.165) is 6.07 Å². The molecule has 0 saturated carbocycles. The summed E-state index contributed by atoms with van der Waals surface area (Å²) in [5, 5.41) is 10.5. The molecular weight excluding hydrogens is 189 g/mol. The summed E-state index contributed by atoms with van der Waals surface area (Å²) in [6, 6.07) is 5.24. The molecule has 0 aliphatic carbocycles. The first kappa shape index (κ1) is 10.2. The van der Waals surface area contributed by atoms with E-state index in [0.29, 0.717) is 0 Å². The topological polar surface area (TPSA) is 66.4 Å². The summed E-state index contributed by atoms with van der Waals surface area (Å²) in [5.41, 5.74) is 0.247. The number of hydrogen-bond donors (Lipinski definition) is 2. The van der Waals surface area contributed by atoms with E-state index in [-0.39, 0.29) is 5.69 Å². The van der Waals surface area contributed by atoms with E-state index in [2.05, 4.69) is 5.32 Å². The molecule has 0 fully saturated rings. The van der Waals surface area contributed by atoms with E-state index in [1.165, 1.54) is 18.2 Å². The molecule has 74 valence electrons. The number of carboxylic acids is 1. The molecule has 0 bridgehead atoms. The van der Waals surface area contributed by atoms with Crippen LogP contribution in [0.15, 0.2) is 24.3 Å². The van der Waals surface area contributed by atoms with Crippen LogP contribution in [-0.4, -0.2) is 17.0 Å². The number of carbonyl (C=O) groups excluding carboxylic acids is 1. The van der Waals surface area contributed by atoms with E-state index in [1.54, 1.807) is 0 Å². The van der Waals surface area contributed by atoms with Crippen LogP contribution in [0.1, 0.15) is 6.42 Å². The van der Waals surface area contributed by atoms with Crippen molar-refractivity contribution in [1.29, 1.82) is 0 Å². The Morgan fingerprint density at radius 1 is 1.43 bits per heavy atom. The van der Waals surface area contributed by atoms with Crippen molar-refractivity contribution in [1.82, 2.24) is 0 Å². The van der Waals surface area contributed by atoms with Gasteiger partial charge in [0.1, 0.15) is 12.2 Å². The molecule has 0 aromatic heterocycles. The van der Waals surface area contributed by atoms with E-state index in [1.807, 2.05) is 0 Å². The standard InChI is InChI=1S/C9H8FNO3/c10-6-2-1-3-7(4-6)11-8(12)5-9(13)14/h1-4H,5H2,(H,11,12)(H,13,14). The predicted octanol–water partition coefficient (Wildman–Crippen LogP) is 1.24. The van der Waals surface area contributed by atoms with Crippen LogP contribution < -0.4 is 5.32 Å². The molecule has 0 aliphatic heterocycles. The van der Waals surface area contributed by atoms with Crippen LogP contribution in [0.4, 0.5) is 10.1 Å². The highest BCUT2D eigenvalue weighted by Gasteiger charge is 2.07. The molecule has 0 radical (unpaired) electrons. The molecule has 0 heterocycles. The second-order valence-corrected chi connectivity index (χ2v) is 2.63. The highest BCUT2D eigenvalue weighted by molar-refractivity contribution is 6.01. The third-order valence-corrected chi connectivity index (χ3v) is 1.42. The van der Waals surface area contributed by atoms with Crippen molar-refractivity contribution in [3.8, 4) is 0 Å². The van der Waals surface area contributed by atoms with Crippen LogP contribution in [0.5, 0.6) is 0 Å². The minimum Gasteiger partial charge on any atom is -0.481 e. The molecular formula is C9H8FNO3. The zero-order chi connectivity index (χ0) is 10.6. The lowest BCUT2D eigenvalue weighted by Gasteiger charge is -2.02. The van der Waals surface area contributed by atoms with Crippen LogP contribution >= 0.6 is 0 Å². The molecule has 1 amide bonds. The van der Waals surface area contributed by atoms with Crippen molar-refractivity contribution in [2.75, 3.05) is 5.32 Å². The third kappa shape index (κ3) is 3.22. The monoisotopic (exact) mass is 197 g/mol. The van der Waals surface area contributed by atoms with Crippen molar-refractivity contribution in [2.24, 2.45) is 0 Å². The van der Waals surface area contributed by atoms with E-state index >= 15 is 0 Å². The molecule has 0 aliphatic rings. The molecule has 1 rings (SSSR count). The van der Waals surface area contributed by atoms with Gasteiger partial charge in [-0.05, 0) is 18.2 Å². The molecule has 14 heavy (non-hydrogen) atoms. The fraction of sp³-hybridized carbons (Fsp3) is 0.111. The molecule has 0 saturated heterocycles. The number of benzene rings is 1. The number of nitrogens with one attached hydrogen (secondary N) is 1. The second kappa shape index (κ2) is 4.36. The molecule has 0 spiro atoms.